The normalized spacial score (nSPS) is 14.3. The van der Waals surface area contributed by atoms with E-state index in [9.17, 15) is 4.79 Å². The fourth-order valence-electron chi connectivity index (χ4n) is 1.45. The summed E-state index contributed by atoms with van der Waals surface area (Å²) in [5.41, 5.74) is 5.46. The summed E-state index contributed by atoms with van der Waals surface area (Å²) in [5.74, 6) is 0.190. The second kappa shape index (κ2) is 7.63. The van der Waals surface area contributed by atoms with Gasteiger partial charge in [0.2, 0.25) is 5.91 Å². The van der Waals surface area contributed by atoms with Crippen molar-refractivity contribution in [3.05, 3.63) is 0 Å². The Morgan fingerprint density at radius 3 is 2.47 bits per heavy atom. The zero-order valence-corrected chi connectivity index (χ0v) is 10.7. The summed E-state index contributed by atoms with van der Waals surface area (Å²) in [5, 5.41) is 2.98. The van der Waals surface area contributed by atoms with Gasteiger partial charge in [0, 0.05) is 18.4 Å². The lowest BCUT2D eigenvalue weighted by molar-refractivity contribution is -0.125. The molecule has 88 valence electrons. The Hall–Kier alpha value is -0.640. The van der Waals surface area contributed by atoms with E-state index in [-0.39, 0.29) is 17.9 Å². The molecule has 0 rings (SSSR count). The highest BCUT2D eigenvalue weighted by atomic mass is 32.1. The van der Waals surface area contributed by atoms with Crippen molar-refractivity contribution < 1.29 is 4.79 Å². The van der Waals surface area contributed by atoms with E-state index in [0.717, 1.165) is 19.3 Å². The minimum atomic E-state index is 0.0791. The van der Waals surface area contributed by atoms with Crippen LogP contribution in [-0.4, -0.2) is 16.9 Å². The van der Waals surface area contributed by atoms with E-state index < -0.39 is 0 Å². The van der Waals surface area contributed by atoms with Crippen LogP contribution in [0, 0.1) is 5.92 Å². The van der Waals surface area contributed by atoms with Gasteiger partial charge in [-0.15, -0.1) is 0 Å². The van der Waals surface area contributed by atoms with Gasteiger partial charge in [-0.25, -0.2) is 0 Å². The van der Waals surface area contributed by atoms with Gasteiger partial charge < -0.3 is 11.1 Å². The van der Waals surface area contributed by atoms with Gasteiger partial charge in [-0.1, -0.05) is 39.4 Å². The van der Waals surface area contributed by atoms with Gasteiger partial charge in [0.05, 0.1) is 4.99 Å². The van der Waals surface area contributed by atoms with Gasteiger partial charge in [0.1, 0.15) is 0 Å². The second-order valence-electron chi connectivity index (χ2n) is 3.97. The minimum Gasteiger partial charge on any atom is -0.393 e. The summed E-state index contributed by atoms with van der Waals surface area (Å²) in [6.07, 6.45) is 3.41. The SMILES string of the molecule is CCCC(C)C(=O)NC(CC)CC(N)=S. The number of nitrogens with two attached hydrogens (primary N) is 1. The maximum atomic E-state index is 11.7. The van der Waals surface area contributed by atoms with Crippen LogP contribution in [0.5, 0.6) is 0 Å². The summed E-state index contributed by atoms with van der Waals surface area (Å²) in [6, 6.07) is 0.0920. The summed E-state index contributed by atoms with van der Waals surface area (Å²) in [7, 11) is 0. The van der Waals surface area contributed by atoms with Gasteiger partial charge in [0.15, 0.2) is 0 Å². The average Bonchev–Trinajstić information content (AvgIpc) is 2.16. The molecule has 0 aromatic heterocycles. The first-order valence-electron chi connectivity index (χ1n) is 5.59. The first kappa shape index (κ1) is 14.4. The molecule has 4 heteroatoms. The van der Waals surface area contributed by atoms with E-state index in [1.54, 1.807) is 0 Å². The second-order valence-corrected chi connectivity index (χ2v) is 4.50. The highest BCUT2D eigenvalue weighted by Gasteiger charge is 2.16. The van der Waals surface area contributed by atoms with Crippen LogP contribution >= 0.6 is 12.2 Å². The van der Waals surface area contributed by atoms with Crippen LogP contribution in [-0.2, 0) is 4.79 Å². The van der Waals surface area contributed by atoms with E-state index in [1.807, 2.05) is 13.8 Å². The monoisotopic (exact) mass is 230 g/mol. The summed E-state index contributed by atoms with van der Waals surface area (Å²) in [6.45, 7) is 6.05. The molecule has 0 aliphatic rings. The number of carbonyl (C=O) groups excluding carboxylic acids is 1. The molecule has 3 N–H and O–H groups in total. The van der Waals surface area contributed by atoms with E-state index >= 15 is 0 Å². The first-order valence-corrected chi connectivity index (χ1v) is 6.00. The third kappa shape index (κ3) is 6.44. The Morgan fingerprint density at radius 1 is 1.47 bits per heavy atom. The Morgan fingerprint density at radius 2 is 2.07 bits per heavy atom. The predicted molar refractivity (Wildman–Crippen MR) is 67.7 cm³/mol. The first-order chi connectivity index (χ1) is 7.01. The molecule has 0 saturated carbocycles. The smallest absolute Gasteiger partial charge is 0.223 e. The van der Waals surface area contributed by atoms with E-state index in [4.69, 9.17) is 18.0 Å². The molecule has 0 spiro atoms. The molecule has 0 aliphatic carbocycles. The standard InChI is InChI=1S/C11H22N2OS/c1-4-6-8(3)11(14)13-9(5-2)7-10(12)15/h8-9H,4-7H2,1-3H3,(H2,12,15)(H,13,14). The Balaban J connectivity index is 4.05. The van der Waals surface area contributed by atoms with E-state index in [0.29, 0.717) is 11.4 Å². The fourth-order valence-corrected chi connectivity index (χ4v) is 1.65. The summed E-state index contributed by atoms with van der Waals surface area (Å²) < 4.78 is 0. The molecular weight excluding hydrogens is 208 g/mol. The van der Waals surface area contributed by atoms with Gasteiger partial charge in [-0.3, -0.25) is 4.79 Å². The minimum absolute atomic E-state index is 0.0791. The molecule has 1 amide bonds. The zero-order chi connectivity index (χ0) is 11.8. The summed E-state index contributed by atoms with van der Waals surface area (Å²) in [4.78, 5) is 12.2. The molecule has 0 aromatic rings. The van der Waals surface area contributed by atoms with Crippen LogP contribution in [0.4, 0.5) is 0 Å². The van der Waals surface area contributed by atoms with Crippen LogP contribution in [0.15, 0.2) is 0 Å². The van der Waals surface area contributed by atoms with Crippen molar-refractivity contribution in [1.82, 2.24) is 5.32 Å². The van der Waals surface area contributed by atoms with Crippen molar-refractivity contribution in [2.24, 2.45) is 11.7 Å². The molecule has 15 heavy (non-hydrogen) atoms. The van der Waals surface area contributed by atoms with Crippen molar-refractivity contribution in [1.29, 1.82) is 0 Å². The molecule has 0 aromatic carbocycles. The van der Waals surface area contributed by atoms with Crippen molar-refractivity contribution in [2.45, 2.75) is 52.5 Å². The van der Waals surface area contributed by atoms with Crippen molar-refractivity contribution in [2.75, 3.05) is 0 Å². The zero-order valence-electron chi connectivity index (χ0n) is 9.88. The Labute approximate surface area is 97.8 Å². The quantitative estimate of drug-likeness (QED) is 0.658. The molecule has 0 fully saturated rings. The number of carbonyl (C=O) groups is 1. The fraction of sp³-hybridized carbons (Fsp3) is 0.818. The highest BCUT2D eigenvalue weighted by molar-refractivity contribution is 7.80. The molecule has 2 unspecified atom stereocenters. The number of hydrogen-bond donors (Lipinski definition) is 2. The molecule has 3 nitrogen and oxygen atoms in total. The lowest BCUT2D eigenvalue weighted by Crippen LogP contribution is -2.39. The van der Waals surface area contributed by atoms with Crippen molar-refractivity contribution >= 4 is 23.1 Å². The Kier molecular flexibility index (Phi) is 7.30. The summed E-state index contributed by atoms with van der Waals surface area (Å²) >= 11 is 4.83. The third-order valence-electron chi connectivity index (χ3n) is 2.46. The molecular formula is C11H22N2OS. The van der Waals surface area contributed by atoms with Gasteiger partial charge in [-0.05, 0) is 12.8 Å². The van der Waals surface area contributed by atoms with E-state index in [1.165, 1.54) is 0 Å². The topological polar surface area (TPSA) is 55.1 Å². The number of thiocarbonyl (C=S) groups is 1. The van der Waals surface area contributed by atoms with E-state index in [2.05, 4.69) is 12.2 Å². The highest BCUT2D eigenvalue weighted by Crippen LogP contribution is 2.07. The van der Waals surface area contributed by atoms with Gasteiger partial charge in [-0.2, -0.15) is 0 Å². The number of hydrogen-bond acceptors (Lipinski definition) is 2. The van der Waals surface area contributed by atoms with Crippen molar-refractivity contribution in [3.63, 3.8) is 0 Å². The predicted octanol–water partition coefficient (Wildman–Crippen LogP) is 1.99. The molecule has 0 bridgehead atoms. The Bertz CT molecular complexity index is 219. The average molecular weight is 230 g/mol. The van der Waals surface area contributed by atoms with Gasteiger partial charge in [0.25, 0.3) is 0 Å². The number of rotatable bonds is 7. The van der Waals surface area contributed by atoms with Crippen LogP contribution in [0.1, 0.15) is 46.5 Å². The lowest BCUT2D eigenvalue weighted by Gasteiger charge is -2.19. The van der Waals surface area contributed by atoms with Gasteiger partial charge >= 0.3 is 0 Å². The van der Waals surface area contributed by atoms with Crippen LogP contribution in [0.25, 0.3) is 0 Å². The largest absolute Gasteiger partial charge is 0.393 e. The molecule has 0 radical (unpaired) electrons. The molecule has 0 heterocycles. The van der Waals surface area contributed by atoms with Crippen LogP contribution in [0.2, 0.25) is 0 Å². The maximum Gasteiger partial charge on any atom is 0.223 e. The molecule has 2 atom stereocenters. The maximum absolute atomic E-state index is 11.7. The molecule has 0 aliphatic heterocycles. The number of nitrogens with one attached hydrogen (secondary N) is 1. The molecule has 0 saturated heterocycles. The van der Waals surface area contributed by atoms with Crippen LogP contribution < -0.4 is 11.1 Å². The van der Waals surface area contributed by atoms with Crippen LogP contribution in [0.3, 0.4) is 0 Å². The lowest BCUT2D eigenvalue weighted by atomic mass is 10.0. The van der Waals surface area contributed by atoms with Crippen molar-refractivity contribution in [3.8, 4) is 0 Å². The third-order valence-corrected chi connectivity index (χ3v) is 2.62. The number of amides is 1.